The quantitative estimate of drug-likeness (QED) is 0.286. The average Bonchev–Trinajstić information content (AvgIpc) is 3.17. The second-order valence-corrected chi connectivity index (χ2v) is 8.37. The Labute approximate surface area is 204 Å². The second-order valence-electron chi connectivity index (χ2n) is 6.65. The maximum absolute atomic E-state index is 10.1. The molecule has 1 heterocycles. The van der Waals surface area contributed by atoms with E-state index in [9.17, 15) is 5.11 Å². The van der Waals surface area contributed by atoms with Crippen LogP contribution in [-0.2, 0) is 0 Å². The molecular formula is C23H14Cl4N4O. The number of hydrogen-bond donors (Lipinski definition) is 1. The fraction of sp³-hybridized carbons (Fsp3) is 0. The van der Waals surface area contributed by atoms with Gasteiger partial charge in [0, 0.05) is 38.0 Å². The minimum absolute atomic E-state index is 0.0469. The van der Waals surface area contributed by atoms with Crippen LogP contribution in [0.2, 0.25) is 20.1 Å². The molecule has 0 radical (unpaired) electrons. The van der Waals surface area contributed by atoms with Gasteiger partial charge in [0.05, 0.1) is 23.1 Å². The fourth-order valence-corrected chi connectivity index (χ4v) is 3.54. The van der Waals surface area contributed by atoms with Crippen molar-refractivity contribution >= 4 is 64.8 Å². The van der Waals surface area contributed by atoms with Crippen molar-refractivity contribution in [2.75, 3.05) is 0 Å². The Kier molecular flexibility index (Phi) is 6.82. The highest BCUT2D eigenvalue weighted by atomic mass is 35.5. The molecule has 0 saturated heterocycles. The van der Waals surface area contributed by atoms with E-state index in [1.165, 1.54) is 17.0 Å². The summed E-state index contributed by atoms with van der Waals surface area (Å²) in [6.45, 7) is 0. The first-order valence-electron chi connectivity index (χ1n) is 9.26. The molecule has 32 heavy (non-hydrogen) atoms. The first-order chi connectivity index (χ1) is 15.4. The molecule has 0 saturated carbocycles. The molecule has 1 aromatic heterocycles. The molecule has 0 fully saturated rings. The van der Waals surface area contributed by atoms with Gasteiger partial charge in [-0.1, -0.05) is 64.6 Å². The molecule has 3 aromatic carbocycles. The number of hydrogen-bond acceptors (Lipinski definition) is 4. The number of nitrogens with zero attached hydrogens (tertiary/aromatic N) is 4. The zero-order valence-electron chi connectivity index (χ0n) is 16.3. The summed E-state index contributed by atoms with van der Waals surface area (Å²) in [4.78, 5) is 8.97. The van der Waals surface area contributed by atoms with Gasteiger partial charge in [0.1, 0.15) is 5.75 Å². The van der Waals surface area contributed by atoms with E-state index in [1.807, 2.05) is 12.1 Å². The molecule has 0 spiro atoms. The van der Waals surface area contributed by atoms with Gasteiger partial charge in [-0.25, -0.2) is 14.7 Å². The van der Waals surface area contributed by atoms with Crippen molar-refractivity contribution in [2.24, 2.45) is 10.1 Å². The lowest BCUT2D eigenvalue weighted by molar-refractivity contribution is 0.474. The lowest BCUT2D eigenvalue weighted by Crippen LogP contribution is -1.91. The molecule has 0 atom stereocenters. The van der Waals surface area contributed by atoms with E-state index in [0.717, 1.165) is 5.56 Å². The van der Waals surface area contributed by atoms with Crippen LogP contribution < -0.4 is 0 Å². The Morgan fingerprint density at radius 3 is 2.22 bits per heavy atom. The molecule has 0 aliphatic heterocycles. The molecule has 5 nitrogen and oxygen atoms in total. The molecule has 1 N–H and O–H groups in total. The van der Waals surface area contributed by atoms with Crippen LogP contribution in [0, 0.1) is 0 Å². The molecule has 0 amide bonds. The number of halogens is 4. The largest absolute Gasteiger partial charge is 0.507 e. The summed E-state index contributed by atoms with van der Waals surface area (Å²) in [5.41, 5.74) is 2.61. The summed E-state index contributed by atoms with van der Waals surface area (Å²) in [7, 11) is 0. The third-order valence-corrected chi connectivity index (χ3v) is 5.45. The zero-order valence-corrected chi connectivity index (χ0v) is 19.3. The molecule has 0 bridgehead atoms. The number of aromatic nitrogens is 2. The molecular weight excluding hydrogens is 490 g/mol. The Hall–Kier alpha value is -2.83. The van der Waals surface area contributed by atoms with Gasteiger partial charge < -0.3 is 5.11 Å². The smallest absolute Gasteiger partial charge is 0.251 e. The van der Waals surface area contributed by atoms with Crippen LogP contribution in [0.25, 0.3) is 11.3 Å². The van der Waals surface area contributed by atoms with E-state index >= 15 is 0 Å². The van der Waals surface area contributed by atoms with Gasteiger partial charge in [-0.05, 0) is 42.5 Å². The Morgan fingerprint density at radius 1 is 0.781 bits per heavy atom. The third kappa shape index (κ3) is 5.31. The number of imidazole rings is 1. The van der Waals surface area contributed by atoms with Crippen LogP contribution in [0.4, 0.5) is 5.95 Å². The second kappa shape index (κ2) is 9.76. The summed E-state index contributed by atoms with van der Waals surface area (Å²) in [5, 5.41) is 16.6. The van der Waals surface area contributed by atoms with E-state index in [2.05, 4.69) is 15.1 Å². The SMILES string of the molecule is Oc1ccc(Cl)cc1C=Nc1nc(-c2ccc(Cl)cc2)cn1N=Cc1ccc(Cl)cc1Cl. The van der Waals surface area contributed by atoms with Crippen LogP contribution in [0.1, 0.15) is 11.1 Å². The summed E-state index contributed by atoms with van der Waals surface area (Å²) in [6, 6.07) is 17.1. The average molecular weight is 504 g/mol. The first-order valence-corrected chi connectivity index (χ1v) is 10.8. The van der Waals surface area contributed by atoms with Crippen LogP contribution in [-0.4, -0.2) is 27.2 Å². The van der Waals surface area contributed by atoms with Gasteiger partial charge in [0.25, 0.3) is 5.95 Å². The van der Waals surface area contributed by atoms with Crippen LogP contribution in [0.3, 0.4) is 0 Å². The van der Waals surface area contributed by atoms with Crippen molar-refractivity contribution < 1.29 is 5.11 Å². The number of rotatable bonds is 5. The Bertz CT molecular complexity index is 1330. The highest BCUT2D eigenvalue weighted by molar-refractivity contribution is 6.36. The number of aromatic hydroxyl groups is 1. The summed E-state index contributed by atoms with van der Waals surface area (Å²) >= 11 is 24.2. The summed E-state index contributed by atoms with van der Waals surface area (Å²) < 4.78 is 1.51. The topological polar surface area (TPSA) is 62.8 Å². The number of phenolic OH excluding ortho intramolecular Hbond substituents is 1. The summed E-state index contributed by atoms with van der Waals surface area (Å²) in [6.07, 6.45) is 4.78. The predicted molar refractivity (Wildman–Crippen MR) is 132 cm³/mol. The molecule has 0 unspecified atom stereocenters. The lowest BCUT2D eigenvalue weighted by Gasteiger charge is -2.00. The Balaban J connectivity index is 1.74. The standard InChI is InChI=1S/C23H14Cl4N4O/c24-17-4-1-14(2-5-17)21-13-31(29-12-15-3-6-19(26)10-20(15)27)23(30-21)28-11-16-9-18(25)7-8-22(16)32/h1-13,32H. The number of phenols is 1. The molecule has 160 valence electrons. The molecule has 0 aliphatic rings. The minimum Gasteiger partial charge on any atom is -0.507 e. The van der Waals surface area contributed by atoms with Crippen molar-refractivity contribution in [3.8, 4) is 17.0 Å². The molecule has 9 heteroatoms. The molecule has 4 aromatic rings. The van der Waals surface area contributed by atoms with E-state index in [1.54, 1.807) is 54.9 Å². The zero-order chi connectivity index (χ0) is 22.7. The van der Waals surface area contributed by atoms with Crippen molar-refractivity contribution in [3.63, 3.8) is 0 Å². The van der Waals surface area contributed by atoms with Crippen molar-refractivity contribution in [3.05, 3.63) is 98.1 Å². The lowest BCUT2D eigenvalue weighted by atomic mass is 10.2. The third-order valence-electron chi connectivity index (χ3n) is 4.40. The predicted octanol–water partition coefficient (Wildman–Crippen LogP) is 7.50. The first kappa shape index (κ1) is 22.4. The number of aliphatic imine (C=N–C) groups is 1. The van der Waals surface area contributed by atoms with Gasteiger partial charge in [-0.15, -0.1) is 0 Å². The van der Waals surface area contributed by atoms with Crippen LogP contribution in [0.15, 0.2) is 77.0 Å². The highest BCUT2D eigenvalue weighted by Crippen LogP contribution is 2.26. The van der Waals surface area contributed by atoms with Crippen LogP contribution in [0.5, 0.6) is 5.75 Å². The van der Waals surface area contributed by atoms with Gasteiger partial charge in [0.15, 0.2) is 0 Å². The van der Waals surface area contributed by atoms with E-state index in [-0.39, 0.29) is 11.7 Å². The maximum atomic E-state index is 10.1. The van der Waals surface area contributed by atoms with E-state index < -0.39 is 0 Å². The highest BCUT2D eigenvalue weighted by Gasteiger charge is 2.09. The van der Waals surface area contributed by atoms with Crippen molar-refractivity contribution in [1.29, 1.82) is 0 Å². The Morgan fingerprint density at radius 2 is 1.47 bits per heavy atom. The normalized spacial score (nSPS) is 11.6. The van der Waals surface area contributed by atoms with Gasteiger partial charge in [-0.3, -0.25) is 0 Å². The van der Waals surface area contributed by atoms with Gasteiger partial charge >= 0.3 is 0 Å². The van der Waals surface area contributed by atoms with E-state index in [4.69, 9.17) is 46.4 Å². The maximum Gasteiger partial charge on any atom is 0.251 e. The van der Waals surface area contributed by atoms with Gasteiger partial charge in [-0.2, -0.15) is 5.10 Å². The molecule has 4 rings (SSSR count). The fourth-order valence-electron chi connectivity index (χ4n) is 2.78. The summed E-state index contributed by atoms with van der Waals surface area (Å²) in [5.74, 6) is 0.335. The number of benzene rings is 3. The van der Waals surface area contributed by atoms with Crippen molar-refractivity contribution in [2.45, 2.75) is 0 Å². The van der Waals surface area contributed by atoms with Gasteiger partial charge in [0.2, 0.25) is 0 Å². The molecule has 0 aliphatic carbocycles. The van der Waals surface area contributed by atoms with E-state index in [0.29, 0.717) is 36.9 Å². The monoisotopic (exact) mass is 502 g/mol. The minimum atomic E-state index is 0.0469. The van der Waals surface area contributed by atoms with Crippen LogP contribution >= 0.6 is 46.4 Å². The van der Waals surface area contributed by atoms with Crippen molar-refractivity contribution in [1.82, 2.24) is 9.66 Å².